The number of aromatic amines is 2. The second-order valence-electron chi connectivity index (χ2n) is 2.82. The van der Waals surface area contributed by atoms with Crippen LogP contribution in [0.15, 0.2) is 56.0 Å². The van der Waals surface area contributed by atoms with Crippen LogP contribution in [0.25, 0.3) is 0 Å². The molecule has 0 amide bonds. The molecule has 16 heavy (non-hydrogen) atoms. The number of aromatic nitrogens is 2. The minimum absolute atomic E-state index is 0.113. The van der Waals surface area contributed by atoms with Gasteiger partial charge in [-0.2, -0.15) is 0 Å². The van der Waals surface area contributed by atoms with Crippen molar-refractivity contribution in [3.63, 3.8) is 0 Å². The highest BCUT2D eigenvalue weighted by Crippen LogP contribution is 1.96. The molecule has 0 aliphatic heterocycles. The largest absolute Gasteiger partial charge is 0.329 e. The Morgan fingerprint density at radius 3 is 1.38 bits per heavy atom. The quantitative estimate of drug-likeness (QED) is 0.536. The average molecular weight is 254 g/mol. The van der Waals surface area contributed by atoms with Crippen molar-refractivity contribution in [2.45, 2.75) is 9.79 Å². The molecule has 0 fully saturated rings. The fourth-order valence-corrected chi connectivity index (χ4v) is 1.25. The van der Waals surface area contributed by atoms with Crippen LogP contribution < -0.4 is 11.1 Å². The summed E-state index contributed by atoms with van der Waals surface area (Å²) in [5.74, 6) is 0. The molecule has 0 aliphatic rings. The lowest BCUT2D eigenvalue weighted by molar-refractivity contribution is 1.19. The van der Waals surface area contributed by atoms with E-state index in [0.717, 1.165) is 0 Å². The smallest absolute Gasteiger partial charge is 0.249 e. The van der Waals surface area contributed by atoms with Crippen molar-refractivity contribution in [2.75, 3.05) is 0 Å². The monoisotopic (exact) mass is 254 g/mol. The molecule has 0 aliphatic carbocycles. The van der Waals surface area contributed by atoms with Gasteiger partial charge in [-0.1, -0.05) is 0 Å². The minimum Gasteiger partial charge on any atom is -0.329 e. The van der Waals surface area contributed by atoms with Crippen LogP contribution in [0.3, 0.4) is 0 Å². The lowest BCUT2D eigenvalue weighted by Crippen LogP contribution is -2.00. The van der Waals surface area contributed by atoms with Crippen LogP contribution >= 0.6 is 25.3 Å². The standard InChI is InChI=1S/2C5H5NOS/c2*7-5-3-4(8)1-2-6-5/h2*1-3H,(H2,6,7,8). The van der Waals surface area contributed by atoms with Crippen molar-refractivity contribution >= 4 is 25.3 Å². The first-order valence-corrected chi connectivity index (χ1v) is 5.23. The predicted octanol–water partition coefficient (Wildman–Crippen LogP) is 1.33. The molecular formula is C10H10N2O2S2. The zero-order chi connectivity index (χ0) is 12.0. The second-order valence-corrected chi connectivity index (χ2v) is 3.86. The van der Waals surface area contributed by atoms with Crippen LogP contribution in [0.1, 0.15) is 0 Å². The van der Waals surface area contributed by atoms with Gasteiger partial charge in [0, 0.05) is 34.3 Å². The molecule has 4 nitrogen and oxygen atoms in total. The SMILES string of the molecule is O=c1cc(S)cc[nH]1.O=c1cc(S)cc[nH]1. The summed E-state index contributed by atoms with van der Waals surface area (Å²) in [6.45, 7) is 0. The molecular weight excluding hydrogens is 244 g/mol. The van der Waals surface area contributed by atoms with Gasteiger partial charge in [-0.3, -0.25) is 9.59 Å². The normalized spacial score (nSPS) is 9.12. The van der Waals surface area contributed by atoms with Gasteiger partial charge in [0.25, 0.3) is 0 Å². The van der Waals surface area contributed by atoms with Crippen LogP contribution in [0, 0.1) is 0 Å². The van der Waals surface area contributed by atoms with Gasteiger partial charge in [-0.25, -0.2) is 0 Å². The third-order valence-electron chi connectivity index (χ3n) is 1.52. The number of hydrogen-bond acceptors (Lipinski definition) is 4. The summed E-state index contributed by atoms with van der Waals surface area (Å²) >= 11 is 7.87. The molecule has 2 rings (SSSR count). The first-order chi connectivity index (χ1) is 7.58. The zero-order valence-electron chi connectivity index (χ0n) is 8.18. The summed E-state index contributed by atoms with van der Waals surface area (Å²) in [4.78, 5) is 27.1. The van der Waals surface area contributed by atoms with Crippen molar-refractivity contribution in [3.8, 4) is 0 Å². The van der Waals surface area contributed by atoms with E-state index in [1.807, 2.05) is 0 Å². The summed E-state index contributed by atoms with van der Waals surface area (Å²) in [5.41, 5.74) is -0.227. The molecule has 2 heterocycles. The Kier molecular flexibility index (Phi) is 4.94. The maximum atomic E-state index is 10.4. The molecule has 2 aromatic rings. The first kappa shape index (κ1) is 12.7. The number of pyridine rings is 2. The van der Waals surface area contributed by atoms with E-state index in [2.05, 4.69) is 35.2 Å². The molecule has 0 saturated heterocycles. The van der Waals surface area contributed by atoms with Crippen molar-refractivity contribution in [2.24, 2.45) is 0 Å². The van der Waals surface area contributed by atoms with Gasteiger partial charge in [-0.15, -0.1) is 25.3 Å². The Morgan fingerprint density at radius 2 is 1.19 bits per heavy atom. The predicted molar refractivity (Wildman–Crippen MR) is 68.6 cm³/mol. The molecule has 0 atom stereocenters. The fourth-order valence-electron chi connectivity index (χ4n) is 0.867. The third kappa shape index (κ3) is 4.90. The van der Waals surface area contributed by atoms with Gasteiger partial charge in [0.05, 0.1) is 0 Å². The summed E-state index contributed by atoms with van der Waals surface area (Å²) in [6.07, 6.45) is 3.12. The number of thiol groups is 2. The molecule has 84 valence electrons. The topological polar surface area (TPSA) is 65.7 Å². The van der Waals surface area contributed by atoms with Crippen LogP contribution in [-0.4, -0.2) is 9.97 Å². The van der Waals surface area contributed by atoms with E-state index in [-0.39, 0.29) is 11.1 Å². The molecule has 0 unspecified atom stereocenters. The van der Waals surface area contributed by atoms with Crippen molar-refractivity contribution in [3.05, 3.63) is 57.4 Å². The lowest BCUT2D eigenvalue weighted by atomic mass is 10.5. The number of rotatable bonds is 0. The van der Waals surface area contributed by atoms with Crippen molar-refractivity contribution < 1.29 is 0 Å². The number of hydrogen-bond donors (Lipinski definition) is 4. The summed E-state index contributed by atoms with van der Waals surface area (Å²) in [6, 6.07) is 6.27. The molecule has 2 N–H and O–H groups in total. The van der Waals surface area contributed by atoms with E-state index in [9.17, 15) is 9.59 Å². The first-order valence-electron chi connectivity index (χ1n) is 4.33. The molecule has 2 aromatic heterocycles. The van der Waals surface area contributed by atoms with Crippen LogP contribution in [0.5, 0.6) is 0 Å². The van der Waals surface area contributed by atoms with E-state index < -0.39 is 0 Å². The molecule has 0 spiro atoms. The maximum Gasteiger partial charge on any atom is 0.249 e. The highest BCUT2D eigenvalue weighted by Gasteiger charge is 1.81. The van der Waals surface area contributed by atoms with E-state index in [1.165, 1.54) is 12.1 Å². The Balaban J connectivity index is 0.000000160. The maximum absolute atomic E-state index is 10.4. The molecule has 0 saturated carbocycles. The van der Waals surface area contributed by atoms with E-state index >= 15 is 0 Å². The van der Waals surface area contributed by atoms with Gasteiger partial charge >= 0.3 is 0 Å². The van der Waals surface area contributed by atoms with Crippen LogP contribution in [-0.2, 0) is 0 Å². The number of H-pyrrole nitrogens is 2. The summed E-state index contributed by atoms with van der Waals surface area (Å²) in [7, 11) is 0. The summed E-state index contributed by atoms with van der Waals surface area (Å²) < 4.78 is 0. The fraction of sp³-hybridized carbons (Fsp3) is 0. The molecule has 6 heteroatoms. The van der Waals surface area contributed by atoms with E-state index in [0.29, 0.717) is 9.79 Å². The van der Waals surface area contributed by atoms with Crippen LogP contribution in [0.2, 0.25) is 0 Å². The minimum atomic E-state index is -0.113. The third-order valence-corrected chi connectivity index (χ3v) is 2.07. The average Bonchev–Trinajstić information content (AvgIpc) is 2.17. The Hall–Kier alpha value is -1.40. The Morgan fingerprint density at radius 1 is 0.812 bits per heavy atom. The Labute approximate surface area is 103 Å². The Bertz CT molecular complexity index is 511. The van der Waals surface area contributed by atoms with E-state index in [4.69, 9.17) is 0 Å². The van der Waals surface area contributed by atoms with Gasteiger partial charge in [0.2, 0.25) is 11.1 Å². The number of nitrogens with one attached hydrogen (secondary N) is 2. The molecule has 0 radical (unpaired) electrons. The van der Waals surface area contributed by atoms with E-state index in [1.54, 1.807) is 24.5 Å². The highest BCUT2D eigenvalue weighted by atomic mass is 32.1. The lowest BCUT2D eigenvalue weighted by Gasteiger charge is -1.82. The van der Waals surface area contributed by atoms with Gasteiger partial charge in [0.1, 0.15) is 0 Å². The highest BCUT2D eigenvalue weighted by molar-refractivity contribution is 7.80. The van der Waals surface area contributed by atoms with Gasteiger partial charge in [-0.05, 0) is 12.1 Å². The van der Waals surface area contributed by atoms with Gasteiger partial charge in [0.15, 0.2) is 0 Å². The van der Waals surface area contributed by atoms with Crippen molar-refractivity contribution in [1.82, 2.24) is 9.97 Å². The van der Waals surface area contributed by atoms with Crippen molar-refractivity contribution in [1.29, 1.82) is 0 Å². The molecule has 0 aromatic carbocycles. The second kappa shape index (κ2) is 6.24. The summed E-state index contributed by atoms with van der Waals surface area (Å²) in [5, 5.41) is 0. The molecule has 0 bridgehead atoms. The zero-order valence-corrected chi connectivity index (χ0v) is 9.96. The van der Waals surface area contributed by atoms with Gasteiger partial charge < -0.3 is 9.97 Å². The van der Waals surface area contributed by atoms with Crippen LogP contribution in [0.4, 0.5) is 0 Å².